The third-order valence-electron chi connectivity index (χ3n) is 3.04. The molecule has 3 aromatic rings. The number of anilines is 1. The van der Waals surface area contributed by atoms with Gasteiger partial charge in [-0.3, -0.25) is 14.3 Å². The summed E-state index contributed by atoms with van der Waals surface area (Å²) >= 11 is 0. The number of amides is 1. The van der Waals surface area contributed by atoms with Crippen molar-refractivity contribution in [3.8, 4) is 0 Å². The lowest BCUT2D eigenvalue weighted by atomic mass is 10.2. The van der Waals surface area contributed by atoms with Crippen LogP contribution in [0.2, 0.25) is 0 Å². The smallest absolute Gasteiger partial charge is 0.290 e. The van der Waals surface area contributed by atoms with Gasteiger partial charge in [0, 0.05) is 20.0 Å². The van der Waals surface area contributed by atoms with Gasteiger partial charge in [0.05, 0.1) is 5.69 Å². The number of benzene rings is 1. The molecule has 0 aliphatic heterocycles. The molecule has 3 rings (SSSR count). The van der Waals surface area contributed by atoms with Gasteiger partial charge in [-0.2, -0.15) is 20.1 Å². The number of hydrogen-bond acceptors (Lipinski definition) is 6. The van der Waals surface area contributed by atoms with Crippen molar-refractivity contribution in [1.29, 1.82) is 0 Å². The van der Waals surface area contributed by atoms with Gasteiger partial charge in [-0.25, -0.2) is 4.98 Å². The lowest BCUT2D eigenvalue weighted by molar-refractivity contribution is -0.123. The van der Waals surface area contributed by atoms with Crippen molar-refractivity contribution in [2.75, 3.05) is 5.32 Å². The van der Waals surface area contributed by atoms with Crippen LogP contribution in [0.5, 0.6) is 0 Å². The third-order valence-corrected chi connectivity index (χ3v) is 3.04. The molecule has 2 aromatic heterocycles. The van der Waals surface area contributed by atoms with Crippen molar-refractivity contribution in [1.82, 2.24) is 29.8 Å². The van der Waals surface area contributed by atoms with Crippen molar-refractivity contribution in [3.05, 3.63) is 30.9 Å². The molecule has 0 bridgehead atoms. The number of carboxylic acid groups (broad SMARTS) is 1. The third kappa shape index (κ3) is 4.60. The minimum absolute atomic E-state index is 0.0479. The molecule has 2 heterocycles. The Balaban J connectivity index is 0.000000647. The highest BCUT2D eigenvalue weighted by Gasteiger charge is 2.09. The number of carbonyl (C=O) groups is 2. The topological polar surface area (TPSA) is 128 Å². The highest BCUT2D eigenvalue weighted by molar-refractivity contribution is 5.99. The maximum absolute atomic E-state index is 12.0. The minimum atomic E-state index is -0.250. The highest BCUT2D eigenvalue weighted by Crippen LogP contribution is 2.19. The molecule has 126 valence electrons. The predicted molar refractivity (Wildman–Crippen MR) is 85.1 cm³/mol. The van der Waals surface area contributed by atoms with E-state index in [0.717, 1.165) is 5.52 Å². The van der Waals surface area contributed by atoms with Crippen LogP contribution in [0.1, 0.15) is 12.8 Å². The zero-order valence-electron chi connectivity index (χ0n) is 13.0. The number of rotatable bonds is 5. The van der Waals surface area contributed by atoms with Gasteiger partial charge in [-0.15, -0.1) is 0 Å². The maximum Gasteiger partial charge on any atom is 0.290 e. The summed E-state index contributed by atoms with van der Waals surface area (Å²) in [5, 5.41) is 22.2. The maximum atomic E-state index is 12.0. The number of aryl methyl sites for hydroxylation is 2. The number of hydrogen-bond donors (Lipinski definition) is 2. The average molecular weight is 331 g/mol. The summed E-state index contributed by atoms with van der Waals surface area (Å²) in [6.45, 7) is 0.419. The fourth-order valence-electron chi connectivity index (χ4n) is 2.10. The molecule has 0 atom stereocenters. The Labute approximate surface area is 137 Å². The second kappa shape index (κ2) is 8.36. The predicted octanol–water partition coefficient (Wildman–Crippen LogP) is 0.679. The fourth-order valence-corrected chi connectivity index (χ4v) is 2.10. The van der Waals surface area contributed by atoms with E-state index in [1.807, 2.05) is 18.2 Å². The molecule has 0 aliphatic rings. The lowest BCUT2D eigenvalue weighted by Crippen LogP contribution is -2.13. The Morgan fingerprint density at radius 3 is 2.88 bits per heavy atom. The van der Waals surface area contributed by atoms with E-state index in [1.54, 1.807) is 18.1 Å². The summed E-state index contributed by atoms with van der Waals surface area (Å²) in [5.74, 6) is -0.0479. The first-order chi connectivity index (χ1) is 11.6. The molecule has 10 nitrogen and oxygen atoms in total. The van der Waals surface area contributed by atoms with Gasteiger partial charge in [0.1, 0.15) is 23.7 Å². The highest BCUT2D eigenvalue weighted by atomic mass is 16.3. The normalized spacial score (nSPS) is 10.0. The van der Waals surface area contributed by atoms with Gasteiger partial charge < -0.3 is 10.4 Å². The van der Waals surface area contributed by atoms with E-state index >= 15 is 0 Å². The van der Waals surface area contributed by atoms with E-state index in [9.17, 15) is 4.79 Å². The molecule has 0 saturated carbocycles. The van der Waals surface area contributed by atoms with Crippen molar-refractivity contribution in [2.24, 2.45) is 7.05 Å². The molecule has 24 heavy (non-hydrogen) atoms. The van der Waals surface area contributed by atoms with Gasteiger partial charge in [-0.1, -0.05) is 6.07 Å². The number of nitrogens with zero attached hydrogens (tertiary/aromatic N) is 6. The van der Waals surface area contributed by atoms with Crippen molar-refractivity contribution in [2.45, 2.75) is 19.4 Å². The summed E-state index contributed by atoms with van der Waals surface area (Å²) in [7, 11) is 1.75. The van der Waals surface area contributed by atoms with Gasteiger partial charge in [-0.05, 0) is 18.6 Å². The van der Waals surface area contributed by atoms with Crippen LogP contribution in [-0.2, 0) is 23.2 Å². The monoisotopic (exact) mass is 331 g/mol. The Kier molecular flexibility index (Phi) is 5.95. The standard InChI is InChI=1S/C13H15N7O.CH2O2/c1-19-17-11-5-2-4-10(13(11)18-19)16-12(21)6-3-7-20-9-14-8-15-20;2-1-3/h2,4-5,8-9H,3,6-7H2,1H3,(H,16,21);1H,(H,2,3). The van der Waals surface area contributed by atoms with E-state index in [2.05, 4.69) is 25.6 Å². The molecular weight excluding hydrogens is 314 g/mol. The molecule has 10 heteroatoms. The van der Waals surface area contributed by atoms with Crippen LogP contribution in [0.4, 0.5) is 5.69 Å². The Morgan fingerprint density at radius 1 is 1.38 bits per heavy atom. The van der Waals surface area contributed by atoms with Crippen LogP contribution < -0.4 is 5.32 Å². The molecular formula is C14H17N7O3. The van der Waals surface area contributed by atoms with Crippen LogP contribution in [0, 0.1) is 0 Å². The van der Waals surface area contributed by atoms with Crippen LogP contribution in [-0.4, -0.2) is 47.2 Å². The summed E-state index contributed by atoms with van der Waals surface area (Å²) in [6, 6.07) is 5.54. The molecule has 0 radical (unpaired) electrons. The van der Waals surface area contributed by atoms with Gasteiger partial charge in [0.25, 0.3) is 6.47 Å². The number of fused-ring (bicyclic) bond motifs is 1. The zero-order valence-corrected chi connectivity index (χ0v) is 13.0. The Morgan fingerprint density at radius 2 is 2.17 bits per heavy atom. The summed E-state index contributed by atoms with van der Waals surface area (Å²) < 4.78 is 1.71. The molecule has 1 aromatic carbocycles. The molecule has 0 spiro atoms. The largest absolute Gasteiger partial charge is 0.483 e. The van der Waals surface area contributed by atoms with E-state index in [0.29, 0.717) is 30.6 Å². The van der Waals surface area contributed by atoms with Gasteiger partial charge in [0.15, 0.2) is 0 Å². The summed E-state index contributed by atoms with van der Waals surface area (Å²) in [4.78, 5) is 25.7. The lowest BCUT2D eigenvalue weighted by Gasteiger charge is -2.05. The van der Waals surface area contributed by atoms with Crippen molar-refractivity contribution >= 4 is 29.1 Å². The molecule has 2 N–H and O–H groups in total. The molecule has 0 fully saturated rings. The Hall–Kier alpha value is -3.30. The molecule has 1 amide bonds. The van der Waals surface area contributed by atoms with E-state index in [4.69, 9.17) is 9.90 Å². The first kappa shape index (κ1) is 17.1. The van der Waals surface area contributed by atoms with Crippen LogP contribution >= 0.6 is 0 Å². The van der Waals surface area contributed by atoms with Crippen LogP contribution in [0.25, 0.3) is 11.0 Å². The first-order valence-corrected chi connectivity index (χ1v) is 7.14. The second-order valence-electron chi connectivity index (χ2n) is 4.78. The second-order valence-corrected chi connectivity index (χ2v) is 4.78. The fraction of sp³-hybridized carbons (Fsp3) is 0.286. The molecule has 0 aliphatic carbocycles. The van der Waals surface area contributed by atoms with Gasteiger partial charge >= 0.3 is 0 Å². The van der Waals surface area contributed by atoms with E-state index in [1.165, 1.54) is 11.1 Å². The average Bonchev–Trinajstić information content (AvgIpc) is 3.17. The molecule has 0 saturated heterocycles. The summed E-state index contributed by atoms with van der Waals surface area (Å²) in [5.41, 5.74) is 2.15. The minimum Gasteiger partial charge on any atom is -0.483 e. The van der Waals surface area contributed by atoms with E-state index < -0.39 is 0 Å². The number of nitrogens with one attached hydrogen (secondary N) is 1. The quantitative estimate of drug-likeness (QED) is 0.658. The molecule has 0 unspecified atom stereocenters. The number of carbonyl (C=O) groups excluding carboxylic acids is 1. The summed E-state index contributed by atoms with van der Waals surface area (Å²) in [6.07, 6.45) is 4.23. The van der Waals surface area contributed by atoms with Gasteiger partial charge in [0.2, 0.25) is 5.91 Å². The Bertz CT molecular complexity index is 798. The van der Waals surface area contributed by atoms with E-state index in [-0.39, 0.29) is 12.4 Å². The van der Waals surface area contributed by atoms with Crippen LogP contribution in [0.3, 0.4) is 0 Å². The van der Waals surface area contributed by atoms with Crippen molar-refractivity contribution < 1.29 is 14.7 Å². The van der Waals surface area contributed by atoms with Crippen molar-refractivity contribution in [3.63, 3.8) is 0 Å². The SMILES string of the molecule is Cn1nc2cccc(NC(=O)CCCn3cncn3)c2n1.O=CO. The zero-order chi connectivity index (χ0) is 17.4. The van der Waals surface area contributed by atoms with Crippen LogP contribution in [0.15, 0.2) is 30.9 Å². The first-order valence-electron chi connectivity index (χ1n) is 7.14. The number of aromatic nitrogens is 6.